The molecule has 1 saturated heterocycles. The number of piperidine rings is 1. The maximum atomic E-state index is 12.3. The normalized spacial score (nSPS) is 15.8. The smallest absolute Gasteiger partial charge is 0.299 e. The first kappa shape index (κ1) is 15.1. The van der Waals surface area contributed by atoms with E-state index in [1.807, 2.05) is 29.6 Å². The third-order valence-electron chi connectivity index (χ3n) is 4.31. The molecule has 0 bridgehead atoms. The van der Waals surface area contributed by atoms with Crippen molar-refractivity contribution in [2.75, 3.05) is 18.0 Å². The second kappa shape index (κ2) is 6.60. The Balaban J connectivity index is 1.33. The molecule has 4 heterocycles. The summed E-state index contributed by atoms with van der Waals surface area (Å²) < 4.78 is 5.75. The van der Waals surface area contributed by atoms with Crippen molar-refractivity contribution >= 4 is 34.5 Å². The minimum absolute atomic E-state index is 0.0590. The SMILES string of the molecule is O=C(NCc1cccs1)C1CCN(c2nc3ncccc3o2)CC1. The van der Waals surface area contributed by atoms with Crippen molar-refractivity contribution in [3.8, 4) is 0 Å². The number of hydrogen-bond acceptors (Lipinski definition) is 6. The third-order valence-corrected chi connectivity index (χ3v) is 5.18. The number of pyridine rings is 1. The highest BCUT2D eigenvalue weighted by Crippen LogP contribution is 2.25. The Labute approximate surface area is 143 Å². The standard InChI is InChI=1S/C17H18N4O2S/c22-16(19-11-13-3-2-10-24-13)12-5-8-21(9-6-12)17-20-15-14(23-17)4-1-7-18-15/h1-4,7,10,12H,5-6,8-9,11H2,(H,19,22). The molecule has 3 aromatic heterocycles. The van der Waals surface area contributed by atoms with Crippen LogP contribution < -0.4 is 10.2 Å². The highest BCUT2D eigenvalue weighted by Gasteiger charge is 2.27. The summed E-state index contributed by atoms with van der Waals surface area (Å²) in [6.45, 7) is 2.15. The molecule has 1 aliphatic rings. The summed E-state index contributed by atoms with van der Waals surface area (Å²) in [4.78, 5) is 24.2. The van der Waals surface area contributed by atoms with E-state index in [-0.39, 0.29) is 11.8 Å². The average molecular weight is 342 g/mol. The summed E-state index contributed by atoms with van der Waals surface area (Å²) in [6, 6.07) is 8.33. The number of carbonyl (C=O) groups excluding carboxylic acids is 1. The fourth-order valence-electron chi connectivity index (χ4n) is 2.96. The third kappa shape index (κ3) is 3.12. The molecule has 0 atom stereocenters. The van der Waals surface area contributed by atoms with Crippen LogP contribution in [0.2, 0.25) is 0 Å². The molecule has 0 spiro atoms. The van der Waals surface area contributed by atoms with Gasteiger partial charge in [-0.15, -0.1) is 11.3 Å². The molecule has 7 heteroatoms. The number of hydrogen-bond donors (Lipinski definition) is 1. The van der Waals surface area contributed by atoms with Crippen LogP contribution in [0.5, 0.6) is 0 Å². The van der Waals surface area contributed by atoms with Crippen LogP contribution in [0.15, 0.2) is 40.3 Å². The van der Waals surface area contributed by atoms with Gasteiger partial charge in [0.1, 0.15) is 0 Å². The van der Waals surface area contributed by atoms with E-state index in [4.69, 9.17) is 4.42 Å². The number of carbonyl (C=O) groups is 1. The zero-order chi connectivity index (χ0) is 16.4. The van der Waals surface area contributed by atoms with E-state index in [1.54, 1.807) is 17.5 Å². The number of oxazole rings is 1. The van der Waals surface area contributed by atoms with Gasteiger partial charge < -0.3 is 14.6 Å². The first-order chi connectivity index (χ1) is 11.8. The monoisotopic (exact) mass is 342 g/mol. The summed E-state index contributed by atoms with van der Waals surface area (Å²) in [5.74, 6) is 0.200. The van der Waals surface area contributed by atoms with Crippen molar-refractivity contribution < 1.29 is 9.21 Å². The maximum absolute atomic E-state index is 12.3. The summed E-state index contributed by atoms with van der Waals surface area (Å²) in [7, 11) is 0. The zero-order valence-electron chi connectivity index (χ0n) is 13.1. The Morgan fingerprint density at radius 3 is 2.96 bits per heavy atom. The van der Waals surface area contributed by atoms with E-state index in [1.165, 1.54) is 4.88 Å². The quantitative estimate of drug-likeness (QED) is 0.789. The van der Waals surface area contributed by atoms with Crippen LogP contribution in [0, 0.1) is 5.92 Å². The Morgan fingerprint density at radius 1 is 1.33 bits per heavy atom. The minimum Gasteiger partial charge on any atom is -0.422 e. The molecular weight excluding hydrogens is 324 g/mol. The fourth-order valence-corrected chi connectivity index (χ4v) is 3.60. The zero-order valence-corrected chi connectivity index (χ0v) is 14.0. The van der Waals surface area contributed by atoms with Gasteiger partial charge in [0.05, 0.1) is 6.54 Å². The first-order valence-electron chi connectivity index (χ1n) is 8.06. The molecule has 124 valence electrons. The molecule has 0 radical (unpaired) electrons. The second-order valence-corrected chi connectivity index (χ2v) is 6.91. The van der Waals surface area contributed by atoms with E-state index in [2.05, 4.69) is 20.2 Å². The van der Waals surface area contributed by atoms with E-state index >= 15 is 0 Å². The molecule has 1 N–H and O–H groups in total. The topological polar surface area (TPSA) is 71.3 Å². The Hall–Kier alpha value is -2.41. The predicted octanol–water partition coefficient (Wildman–Crippen LogP) is 2.82. The van der Waals surface area contributed by atoms with Gasteiger partial charge in [-0.2, -0.15) is 4.98 Å². The van der Waals surface area contributed by atoms with Crippen molar-refractivity contribution in [3.63, 3.8) is 0 Å². The van der Waals surface area contributed by atoms with Gasteiger partial charge >= 0.3 is 0 Å². The van der Waals surface area contributed by atoms with Crippen molar-refractivity contribution in [3.05, 3.63) is 40.7 Å². The summed E-state index contributed by atoms with van der Waals surface area (Å²) >= 11 is 1.66. The van der Waals surface area contributed by atoms with Crippen LogP contribution in [0.3, 0.4) is 0 Å². The Bertz CT molecular complexity index is 789. The molecule has 1 fully saturated rings. The number of thiophene rings is 1. The molecule has 4 rings (SSSR count). The van der Waals surface area contributed by atoms with Crippen molar-refractivity contribution in [2.24, 2.45) is 5.92 Å². The van der Waals surface area contributed by atoms with E-state index < -0.39 is 0 Å². The molecule has 6 nitrogen and oxygen atoms in total. The number of anilines is 1. The van der Waals surface area contributed by atoms with Gasteiger partial charge in [-0.05, 0) is 36.4 Å². The van der Waals surface area contributed by atoms with Gasteiger partial charge in [-0.1, -0.05) is 6.07 Å². The Kier molecular flexibility index (Phi) is 4.17. The summed E-state index contributed by atoms with van der Waals surface area (Å²) in [5, 5.41) is 5.06. The van der Waals surface area contributed by atoms with Crippen molar-refractivity contribution in [2.45, 2.75) is 19.4 Å². The van der Waals surface area contributed by atoms with Gasteiger partial charge in [0, 0.05) is 30.1 Å². The lowest BCUT2D eigenvalue weighted by molar-refractivity contribution is -0.125. The fraction of sp³-hybridized carbons (Fsp3) is 0.353. The molecular formula is C17H18N4O2S. The van der Waals surface area contributed by atoms with Crippen LogP contribution in [0.1, 0.15) is 17.7 Å². The minimum atomic E-state index is 0.0590. The maximum Gasteiger partial charge on any atom is 0.299 e. The van der Waals surface area contributed by atoms with Crippen LogP contribution >= 0.6 is 11.3 Å². The van der Waals surface area contributed by atoms with Gasteiger partial charge in [-0.25, -0.2) is 4.98 Å². The number of nitrogens with one attached hydrogen (secondary N) is 1. The summed E-state index contributed by atoms with van der Waals surface area (Å²) in [5.41, 5.74) is 1.33. The predicted molar refractivity (Wildman–Crippen MR) is 92.9 cm³/mol. The molecule has 1 amide bonds. The van der Waals surface area contributed by atoms with Gasteiger partial charge in [0.15, 0.2) is 5.58 Å². The van der Waals surface area contributed by atoms with Crippen LogP contribution in [-0.4, -0.2) is 29.0 Å². The van der Waals surface area contributed by atoms with Crippen molar-refractivity contribution in [1.82, 2.24) is 15.3 Å². The van der Waals surface area contributed by atoms with Crippen LogP contribution in [0.4, 0.5) is 6.01 Å². The number of aromatic nitrogens is 2. The first-order valence-corrected chi connectivity index (χ1v) is 8.94. The largest absolute Gasteiger partial charge is 0.422 e. The van der Waals surface area contributed by atoms with E-state index in [0.29, 0.717) is 23.8 Å². The highest BCUT2D eigenvalue weighted by molar-refractivity contribution is 7.09. The molecule has 1 aliphatic heterocycles. The number of amides is 1. The van der Waals surface area contributed by atoms with Crippen LogP contribution in [0.25, 0.3) is 11.2 Å². The molecule has 3 aromatic rings. The van der Waals surface area contributed by atoms with E-state index in [0.717, 1.165) is 25.9 Å². The average Bonchev–Trinajstić information content (AvgIpc) is 3.29. The van der Waals surface area contributed by atoms with Gasteiger partial charge in [0.2, 0.25) is 11.6 Å². The molecule has 0 aromatic carbocycles. The van der Waals surface area contributed by atoms with E-state index in [9.17, 15) is 4.79 Å². The molecule has 0 unspecified atom stereocenters. The van der Waals surface area contributed by atoms with Gasteiger partial charge in [-0.3, -0.25) is 4.79 Å². The van der Waals surface area contributed by atoms with Gasteiger partial charge in [0.25, 0.3) is 6.01 Å². The van der Waals surface area contributed by atoms with Crippen LogP contribution in [-0.2, 0) is 11.3 Å². The highest BCUT2D eigenvalue weighted by atomic mass is 32.1. The number of rotatable bonds is 4. The second-order valence-electron chi connectivity index (χ2n) is 5.88. The molecule has 24 heavy (non-hydrogen) atoms. The number of nitrogens with zero attached hydrogens (tertiary/aromatic N) is 3. The summed E-state index contributed by atoms with van der Waals surface area (Å²) in [6.07, 6.45) is 3.32. The number of fused-ring (bicyclic) bond motifs is 1. The lowest BCUT2D eigenvalue weighted by Crippen LogP contribution is -2.40. The lowest BCUT2D eigenvalue weighted by atomic mass is 9.96. The Morgan fingerprint density at radius 2 is 2.21 bits per heavy atom. The lowest BCUT2D eigenvalue weighted by Gasteiger charge is -2.30. The molecule has 0 aliphatic carbocycles. The van der Waals surface area contributed by atoms with Crippen molar-refractivity contribution in [1.29, 1.82) is 0 Å². The molecule has 0 saturated carbocycles.